The van der Waals surface area contributed by atoms with Crippen LogP contribution in [-0.2, 0) is 4.79 Å². The highest BCUT2D eigenvalue weighted by molar-refractivity contribution is 5.75. The molecule has 0 spiro atoms. The summed E-state index contributed by atoms with van der Waals surface area (Å²) in [5.74, 6) is 2.04. The Kier molecular flexibility index (Phi) is 10.2. The largest absolute Gasteiger partial charge is 0.393 e. The van der Waals surface area contributed by atoms with Crippen molar-refractivity contribution in [1.29, 1.82) is 0 Å². The molecule has 4 aliphatic rings. The Morgan fingerprint density at radius 2 is 1.66 bits per heavy atom. The van der Waals surface area contributed by atoms with Gasteiger partial charge in [-0.3, -0.25) is 4.79 Å². The Bertz CT molecular complexity index is 785. The summed E-state index contributed by atoms with van der Waals surface area (Å²) in [7, 11) is 0. The van der Waals surface area contributed by atoms with Crippen molar-refractivity contribution in [2.75, 3.05) is 39.3 Å². The number of aliphatic hydroxyl groups excluding tert-OH is 3. The van der Waals surface area contributed by atoms with Crippen LogP contribution in [0, 0.1) is 46.3 Å². The van der Waals surface area contributed by atoms with Crippen LogP contribution >= 0.6 is 0 Å². The number of nitrogens with two attached hydrogens (primary N) is 1. The Morgan fingerprint density at radius 1 is 0.947 bits per heavy atom. The van der Waals surface area contributed by atoms with Gasteiger partial charge in [-0.2, -0.15) is 0 Å². The van der Waals surface area contributed by atoms with Gasteiger partial charge in [-0.05, 0) is 97.7 Å². The number of nitrogens with one attached hydrogen (secondary N) is 3. The Balaban J connectivity index is 1.29. The molecule has 11 atom stereocenters. The second-order valence-corrected chi connectivity index (χ2v) is 13.7. The van der Waals surface area contributed by atoms with Gasteiger partial charge in [0.1, 0.15) is 0 Å². The molecule has 0 aliphatic heterocycles. The van der Waals surface area contributed by atoms with E-state index in [4.69, 9.17) is 5.73 Å². The van der Waals surface area contributed by atoms with Crippen molar-refractivity contribution >= 4 is 5.91 Å². The minimum absolute atomic E-state index is 0.100. The standard InChI is InChI=1S/C30H56N4O4/c1-19(4-7-27(38)34-15-14-33-13-12-32-11-10-31)22-5-6-23-28-24(18-26(37)30(22,23)3)29(2)9-8-21(35)16-20(29)17-25(28)36/h19-26,28,32-33,35-37H,4-18,31H2,1-3H3,(H,34,38)/t19?,20-,21+,22+,23?,24?,25+,26-,28?,29-,30+/m0/s1. The molecule has 0 radical (unpaired) electrons. The molecule has 0 heterocycles. The zero-order valence-corrected chi connectivity index (χ0v) is 24.1. The SMILES string of the molecule is CC(CCC(=O)NCCNCCNCCN)[C@H]1CCC2C3C(C[C@H](O)[C@@]21C)[C@@]1(C)CC[C@@H](O)C[C@H]1C[C@H]3O. The fourth-order valence-corrected chi connectivity index (χ4v) is 9.60. The third-order valence-corrected chi connectivity index (χ3v) is 11.8. The normalized spacial score (nSPS) is 43.1. The predicted molar refractivity (Wildman–Crippen MR) is 150 cm³/mol. The molecule has 4 rings (SSSR count). The Morgan fingerprint density at radius 3 is 2.39 bits per heavy atom. The average Bonchev–Trinajstić information content (AvgIpc) is 3.24. The number of aliphatic hydroxyl groups is 3. The molecular weight excluding hydrogens is 480 g/mol. The molecule has 38 heavy (non-hydrogen) atoms. The van der Waals surface area contributed by atoms with E-state index in [-0.39, 0.29) is 41.0 Å². The van der Waals surface area contributed by atoms with E-state index in [1.807, 2.05) is 0 Å². The molecule has 220 valence electrons. The highest BCUT2D eigenvalue weighted by atomic mass is 16.3. The molecule has 0 aromatic rings. The smallest absolute Gasteiger partial charge is 0.220 e. The molecule has 8 N–H and O–H groups in total. The molecule has 4 fully saturated rings. The van der Waals surface area contributed by atoms with Crippen LogP contribution in [-0.4, -0.2) is 78.8 Å². The molecule has 1 amide bonds. The second-order valence-electron chi connectivity index (χ2n) is 13.7. The van der Waals surface area contributed by atoms with Gasteiger partial charge in [0, 0.05) is 45.7 Å². The maximum absolute atomic E-state index is 12.5. The topological polar surface area (TPSA) is 140 Å². The van der Waals surface area contributed by atoms with Crippen LogP contribution in [0.1, 0.15) is 78.6 Å². The monoisotopic (exact) mass is 536 g/mol. The third kappa shape index (κ3) is 5.96. The lowest BCUT2D eigenvalue weighted by Crippen LogP contribution is -2.62. The summed E-state index contributed by atoms with van der Waals surface area (Å²) < 4.78 is 0. The number of hydrogen-bond acceptors (Lipinski definition) is 7. The van der Waals surface area contributed by atoms with Crippen molar-refractivity contribution in [2.24, 2.45) is 52.1 Å². The lowest BCUT2D eigenvalue weighted by atomic mass is 9.43. The maximum Gasteiger partial charge on any atom is 0.220 e. The zero-order valence-electron chi connectivity index (χ0n) is 24.1. The average molecular weight is 537 g/mol. The van der Waals surface area contributed by atoms with E-state index in [0.29, 0.717) is 49.1 Å². The first kappa shape index (κ1) is 30.2. The highest BCUT2D eigenvalue weighted by Gasteiger charge is 2.65. The van der Waals surface area contributed by atoms with Gasteiger partial charge in [0.05, 0.1) is 18.3 Å². The quantitative estimate of drug-likeness (QED) is 0.188. The van der Waals surface area contributed by atoms with Gasteiger partial charge in [-0.1, -0.05) is 20.8 Å². The van der Waals surface area contributed by atoms with E-state index in [2.05, 4.69) is 36.7 Å². The molecule has 8 heteroatoms. The lowest BCUT2D eigenvalue weighted by Gasteiger charge is -2.63. The molecule has 0 bridgehead atoms. The number of rotatable bonds is 12. The first-order valence-electron chi connectivity index (χ1n) is 15.5. The third-order valence-electron chi connectivity index (χ3n) is 11.8. The number of fused-ring (bicyclic) bond motifs is 5. The molecule has 0 aromatic carbocycles. The van der Waals surface area contributed by atoms with Gasteiger partial charge >= 0.3 is 0 Å². The summed E-state index contributed by atoms with van der Waals surface area (Å²) in [4.78, 5) is 12.5. The molecule has 4 unspecified atom stereocenters. The van der Waals surface area contributed by atoms with Crippen molar-refractivity contribution in [3.8, 4) is 0 Å². The molecular formula is C30H56N4O4. The van der Waals surface area contributed by atoms with Crippen molar-refractivity contribution in [3.63, 3.8) is 0 Å². The highest BCUT2D eigenvalue weighted by Crippen LogP contribution is 2.68. The van der Waals surface area contributed by atoms with E-state index >= 15 is 0 Å². The minimum Gasteiger partial charge on any atom is -0.393 e. The number of carbonyl (C=O) groups is 1. The molecule has 0 aromatic heterocycles. The van der Waals surface area contributed by atoms with Gasteiger partial charge < -0.3 is 37.0 Å². The van der Waals surface area contributed by atoms with E-state index < -0.39 is 0 Å². The van der Waals surface area contributed by atoms with Gasteiger partial charge in [0.25, 0.3) is 0 Å². The number of amides is 1. The van der Waals surface area contributed by atoms with Gasteiger partial charge in [0.2, 0.25) is 5.91 Å². The van der Waals surface area contributed by atoms with Crippen LogP contribution in [0.15, 0.2) is 0 Å². The first-order valence-corrected chi connectivity index (χ1v) is 15.5. The summed E-state index contributed by atoms with van der Waals surface area (Å²) in [6.07, 6.45) is 6.69. The van der Waals surface area contributed by atoms with E-state index in [9.17, 15) is 20.1 Å². The fourth-order valence-electron chi connectivity index (χ4n) is 9.60. The predicted octanol–water partition coefficient (Wildman–Crippen LogP) is 1.62. The van der Waals surface area contributed by atoms with Crippen LogP contribution in [0.3, 0.4) is 0 Å². The van der Waals surface area contributed by atoms with Crippen molar-refractivity contribution in [3.05, 3.63) is 0 Å². The summed E-state index contributed by atoms with van der Waals surface area (Å²) in [6.45, 7) is 11.5. The van der Waals surface area contributed by atoms with Crippen LogP contribution in [0.25, 0.3) is 0 Å². The summed E-state index contributed by atoms with van der Waals surface area (Å²) in [5.41, 5.74) is 5.35. The van der Waals surface area contributed by atoms with Gasteiger partial charge in [-0.25, -0.2) is 0 Å². The van der Waals surface area contributed by atoms with Crippen LogP contribution < -0.4 is 21.7 Å². The van der Waals surface area contributed by atoms with Crippen molar-refractivity contribution < 1.29 is 20.1 Å². The fraction of sp³-hybridized carbons (Fsp3) is 0.967. The van der Waals surface area contributed by atoms with E-state index in [0.717, 1.165) is 77.5 Å². The van der Waals surface area contributed by atoms with Crippen LogP contribution in [0.4, 0.5) is 0 Å². The number of carbonyl (C=O) groups excluding carboxylic acids is 1. The van der Waals surface area contributed by atoms with Crippen molar-refractivity contribution in [2.45, 2.75) is 96.9 Å². The van der Waals surface area contributed by atoms with E-state index in [1.165, 1.54) is 0 Å². The molecule has 8 nitrogen and oxygen atoms in total. The number of hydrogen-bond donors (Lipinski definition) is 7. The molecule has 4 aliphatic carbocycles. The summed E-state index contributed by atoms with van der Waals surface area (Å²) >= 11 is 0. The van der Waals surface area contributed by atoms with Crippen LogP contribution in [0.5, 0.6) is 0 Å². The van der Waals surface area contributed by atoms with Crippen LogP contribution in [0.2, 0.25) is 0 Å². The molecule has 0 saturated heterocycles. The van der Waals surface area contributed by atoms with Gasteiger partial charge in [0.15, 0.2) is 0 Å². The van der Waals surface area contributed by atoms with Gasteiger partial charge in [-0.15, -0.1) is 0 Å². The molecule has 4 saturated carbocycles. The zero-order chi connectivity index (χ0) is 27.5. The Hall–Kier alpha value is -0.770. The summed E-state index contributed by atoms with van der Waals surface area (Å²) in [5, 5.41) is 43.1. The maximum atomic E-state index is 12.5. The second kappa shape index (κ2) is 12.8. The lowest BCUT2D eigenvalue weighted by molar-refractivity contribution is -0.207. The first-order chi connectivity index (χ1) is 18.1. The van der Waals surface area contributed by atoms with Crippen molar-refractivity contribution in [1.82, 2.24) is 16.0 Å². The summed E-state index contributed by atoms with van der Waals surface area (Å²) in [6, 6.07) is 0. The Labute approximate surface area is 230 Å². The van der Waals surface area contributed by atoms with E-state index in [1.54, 1.807) is 0 Å². The minimum atomic E-state index is -0.377.